The molecule has 7 heteroatoms. The molecule has 7 nitrogen and oxygen atoms in total. The fraction of sp³-hybridized carbons (Fsp3) is 0.263. The highest BCUT2D eigenvalue weighted by molar-refractivity contribution is 5.80. The molecule has 2 N–H and O–H groups in total. The van der Waals surface area contributed by atoms with Crippen molar-refractivity contribution in [1.29, 1.82) is 0 Å². The van der Waals surface area contributed by atoms with E-state index < -0.39 is 0 Å². The van der Waals surface area contributed by atoms with Crippen molar-refractivity contribution in [1.82, 2.24) is 15.8 Å². The number of hydrogen-bond acceptors (Lipinski definition) is 5. The summed E-state index contributed by atoms with van der Waals surface area (Å²) in [6.45, 7) is 0.764. The topological polar surface area (TPSA) is 85.6 Å². The molecule has 26 heavy (non-hydrogen) atoms. The maximum atomic E-state index is 12.0. The number of aromatic nitrogens is 1. The highest BCUT2D eigenvalue weighted by atomic mass is 16.5. The van der Waals surface area contributed by atoms with Gasteiger partial charge < -0.3 is 24.6 Å². The van der Waals surface area contributed by atoms with Crippen molar-refractivity contribution < 1.29 is 18.8 Å². The van der Waals surface area contributed by atoms with Gasteiger partial charge in [-0.1, -0.05) is 17.3 Å². The Labute approximate surface area is 151 Å². The molecule has 3 aromatic rings. The first-order chi connectivity index (χ1) is 12.7. The van der Waals surface area contributed by atoms with E-state index in [9.17, 15) is 4.79 Å². The van der Waals surface area contributed by atoms with Crippen molar-refractivity contribution in [2.45, 2.75) is 13.0 Å². The summed E-state index contributed by atoms with van der Waals surface area (Å²) in [6, 6.07) is 12.9. The Morgan fingerprint density at radius 1 is 1.12 bits per heavy atom. The second kappa shape index (κ2) is 8.24. The minimum atomic E-state index is -0.265. The fourth-order valence-electron chi connectivity index (χ4n) is 2.68. The summed E-state index contributed by atoms with van der Waals surface area (Å²) >= 11 is 0. The average Bonchev–Trinajstić information content (AvgIpc) is 3.09. The van der Waals surface area contributed by atoms with E-state index in [4.69, 9.17) is 14.0 Å². The second-order valence-corrected chi connectivity index (χ2v) is 5.66. The third-order valence-corrected chi connectivity index (χ3v) is 4.04. The number of methoxy groups -OCH3 is 2. The first-order valence-electron chi connectivity index (χ1n) is 8.27. The number of hydrogen-bond donors (Lipinski definition) is 2. The monoisotopic (exact) mass is 355 g/mol. The van der Waals surface area contributed by atoms with Gasteiger partial charge in [0.15, 0.2) is 5.58 Å². The molecule has 0 fully saturated rings. The molecule has 0 aliphatic rings. The number of carbonyl (C=O) groups is 1. The molecule has 0 aliphatic heterocycles. The van der Waals surface area contributed by atoms with Gasteiger partial charge in [-0.05, 0) is 42.3 Å². The molecule has 0 saturated carbocycles. The lowest BCUT2D eigenvalue weighted by Crippen LogP contribution is -2.36. The Kier molecular flexibility index (Phi) is 5.58. The van der Waals surface area contributed by atoms with Gasteiger partial charge in [-0.15, -0.1) is 0 Å². The van der Waals surface area contributed by atoms with Gasteiger partial charge in [0.1, 0.15) is 17.2 Å². The highest BCUT2D eigenvalue weighted by Crippen LogP contribution is 2.24. The number of carbonyl (C=O) groups excluding carboxylic acids is 1. The Hall–Kier alpha value is -3.22. The van der Waals surface area contributed by atoms with Gasteiger partial charge in [0.05, 0.1) is 20.8 Å². The average molecular weight is 355 g/mol. The third-order valence-electron chi connectivity index (χ3n) is 4.04. The van der Waals surface area contributed by atoms with Crippen molar-refractivity contribution in [3.63, 3.8) is 0 Å². The first kappa shape index (κ1) is 17.6. The number of fused-ring (bicyclic) bond motifs is 1. The zero-order valence-electron chi connectivity index (χ0n) is 14.7. The van der Waals surface area contributed by atoms with Crippen LogP contribution in [0.5, 0.6) is 11.5 Å². The molecule has 0 atom stereocenters. The lowest BCUT2D eigenvalue weighted by atomic mass is 10.1. The molecule has 3 rings (SSSR count). The minimum Gasteiger partial charge on any atom is -0.497 e. The van der Waals surface area contributed by atoms with Gasteiger partial charge in [0.25, 0.3) is 0 Å². The largest absolute Gasteiger partial charge is 0.497 e. The van der Waals surface area contributed by atoms with Crippen LogP contribution in [0.2, 0.25) is 0 Å². The van der Waals surface area contributed by atoms with Gasteiger partial charge in [0.2, 0.25) is 0 Å². The van der Waals surface area contributed by atoms with Crippen molar-refractivity contribution in [2.24, 2.45) is 0 Å². The molecule has 1 heterocycles. The summed E-state index contributed by atoms with van der Waals surface area (Å²) in [6.07, 6.45) is 0.626. The van der Waals surface area contributed by atoms with Crippen molar-refractivity contribution in [3.8, 4) is 11.5 Å². The van der Waals surface area contributed by atoms with Crippen LogP contribution in [-0.4, -0.2) is 32.0 Å². The number of ether oxygens (including phenoxy) is 2. The normalized spacial score (nSPS) is 10.5. The van der Waals surface area contributed by atoms with Gasteiger partial charge >= 0.3 is 6.03 Å². The molecule has 136 valence electrons. The van der Waals surface area contributed by atoms with E-state index >= 15 is 0 Å². The molecule has 0 unspecified atom stereocenters. The quantitative estimate of drug-likeness (QED) is 0.681. The predicted octanol–water partition coefficient (Wildman–Crippen LogP) is 2.89. The van der Waals surface area contributed by atoms with Crippen LogP contribution in [0.1, 0.15) is 11.3 Å². The van der Waals surface area contributed by atoms with Crippen LogP contribution >= 0.6 is 0 Å². The summed E-state index contributed by atoms with van der Waals surface area (Å²) in [5.74, 6) is 1.52. The summed E-state index contributed by atoms with van der Waals surface area (Å²) in [5, 5.41) is 10.5. The SMILES string of the molecule is COc1ccc(OC)c(CCNC(=O)NCc2noc3ccccc23)c1. The van der Waals surface area contributed by atoms with E-state index in [0.29, 0.717) is 30.8 Å². The minimum absolute atomic E-state index is 0.265. The smallest absolute Gasteiger partial charge is 0.315 e. The molecular weight excluding hydrogens is 334 g/mol. The molecule has 0 radical (unpaired) electrons. The summed E-state index contributed by atoms with van der Waals surface area (Å²) in [5.41, 5.74) is 2.37. The lowest BCUT2D eigenvalue weighted by Gasteiger charge is -2.11. The Morgan fingerprint density at radius 2 is 1.96 bits per heavy atom. The maximum absolute atomic E-state index is 12.0. The van der Waals surface area contributed by atoms with Crippen LogP contribution < -0.4 is 20.1 Å². The van der Waals surface area contributed by atoms with E-state index in [1.54, 1.807) is 14.2 Å². The summed E-state index contributed by atoms with van der Waals surface area (Å²) in [7, 11) is 3.23. The summed E-state index contributed by atoms with van der Waals surface area (Å²) in [4.78, 5) is 12.0. The van der Waals surface area contributed by atoms with E-state index in [-0.39, 0.29) is 6.03 Å². The van der Waals surface area contributed by atoms with Crippen LogP contribution in [0, 0.1) is 0 Å². The fourth-order valence-corrected chi connectivity index (χ4v) is 2.68. The number of nitrogens with zero attached hydrogens (tertiary/aromatic N) is 1. The number of para-hydroxylation sites is 1. The highest BCUT2D eigenvalue weighted by Gasteiger charge is 2.09. The molecular formula is C19H21N3O4. The third kappa shape index (κ3) is 4.05. The van der Waals surface area contributed by atoms with E-state index in [2.05, 4.69) is 15.8 Å². The van der Waals surface area contributed by atoms with Crippen LogP contribution in [0.3, 0.4) is 0 Å². The van der Waals surface area contributed by atoms with E-state index in [1.807, 2.05) is 42.5 Å². The molecule has 2 aromatic carbocycles. The Balaban J connectivity index is 1.50. The molecule has 2 amide bonds. The molecule has 0 saturated heterocycles. The van der Waals surface area contributed by atoms with Crippen LogP contribution in [0.15, 0.2) is 47.0 Å². The molecule has 0 bridgehead atoms. The number of benzene rings is 2. The van der Waals surface area contributed by atoms with Crippen LogP contribution in [0.25, 0.3) is 11.0 Å². The number of urea groups is 1. The summed E-state index contributed by atoms with van der Waals surface area (Å²) < 4.78 is 15.8. The number of nitrogens with one attached hydrogen (secondary N) is 2. The second-order valence-electron chi connectivity index (χ2n) is 5.66. The lowest BCUT2D eigenvalue weighted by molar-refractivity contribution is 0.240. The van der Waals surface area contributed by atoms with Crippen molar-refractivity contribution in [2.75, 3.05) is 20.8 Å². The number of amides is 2. The van der Waals surface area contributed by atoms with Crippen molar-refractivity contribution in [3.05, 3.63) is 53.7 Å². The maximum Gasteiger partial charge on any atom is 0.315 e. The van der Waals surface area contributed by atoms with Gasteiger partial charge in [-0.2, -0.15) is 0 Å². The van der Waals surface area contributed by atoms with Gasteiger partial charge in [0, 0.05) is 11.9 Å². The van der Waals surface area contributed by atoms with Crippen LogP contribution in [0.4, 0.5) is 4.79 Å². The zero-order valence-corrected chi connectivity index (χ0v) is 14.7. The zero-order chi connectivity index (χ0) is 18.4. The van der Waals surface area contributed by atoms with E-state index in [0.717, 1.165) is 22.4 Å². The molecule has 1 aromatic heterocycles. The van der Waals surface area contributed by atoms with Crippen LogP contribution in [-0.2, 0) is 13.0 Å². The van der Waals surface area contributed by atoms with E-state index in [1.165, 1.54) is 0 Å². The number of rotatable bonds is 7. The predicted molar refractivity (Wildman–Crippen MR) is 97.5 cm³/mol. The standard InChI is InChI=1S/C19H21N3O4/c1-24-14-7-8-17(25-2)13(11-14)9-10-20-19(23)21-12-16-15-5-3-4-6-18(15)26-22-16/h3-8,11H,9-10,12H2,1-2H3,(H2,20,21,23). The van der Waals surface area contributed by atoms with Gasteiger partial charge in [-0.25, -0.2) is 4.79 Å². The Morgan fingerprint density at radius 3 is 2.77 bits per heavy atom. The molecule has 0 spiro atoms. The Bertz CT molecular complexity index is 891. The first-order valence-corrected chi connectivity index (χ1v) is 8.27. The van der Waals surface area contributed by atoms with Gasteiger partial charge in [-0.3, -0.25) is 0 Å². The molecule has 0 aliphatic carbocycles. The van der Waals surface area contributed by atoms with Crippen molar-refractivity contribution >= 4 is 17.0 Å².